The molecule has 5 aromatic rings. The Balaban J connectivity index is 1.35. The second kappa shape index (κ2) is 11.5. The summed E-state index contributed by atoms with van der Waals surface area (Å²) in [6.07, 6.45) is -4.46. The smallest absolute Gasteiger partial charge is 0.417 e. The molecule has 3 aliphatic rings. The highest BCUT2D eigenvalue weighted by Gasteiger charge is 2.49. The molecule has 0 bridgehead atoms. The molecule has 2 atom stereocenters. The Kier molecular flexibility index (Phi) is 7.36. The van der Waals surface area contributed by atoms with Crippen LogP contribution < -0.4 is 15.4 Å². The number of nitrogen functional groups attached to an aromatic ring is 1. The standard InChI is InChI=1S/C33H25F6N9OS/c34-16-10-32(4-1-5-47(32)13-16)15-49-31-43-27-20(30(44-31)46-6-7-48-18(14-46)8-17(11-40)45-48)9-22(33(37,38)39)25(26(27)36)19-2-3-23(35)28-24(19)21(12-41)29(42)50-28/h2-3,8-9,16H,1,4-7,10,13-15,42H2. The number of benzene rings is 2. The van der Waals surface area contributed by atoms with Gasteiger partial charge in [-0.15, -0.1) is 11.3 Å². The lowest BCUT2D eigenvalue weighted by atomic mass is 9.92. The molecule has 2 N–H and O–H groups in total. The quantitative estimate of drug-likeness (QED) is 0.209. The molecule has 0 aliphatic carbocycles. The van der Waals surface area contributed by atoms with Gasteiger partial charge in [0.25, 0.3) is 0 Å². The van der Waals surface area contributed by atoms with Crippen LogP contribution in [0.5, 0.6) is 6.01 Å². The maximum atomic E-state index is 17.1. The van der Waals surface area contributed by atoms with Crippen molar-refractivity contribution >= 4 is 43.1 Å². The Morgan fingerprint density at radius 2 is 1.92 bits per heavy atom. The molecule has 50 heavy (non-hydrogen) atoms. The molecule has 3 aromatic heterocycles. The fourth-order valence-electron chi connectivity index (χ4n) is 7.64. The number of nitrogens with zero attached hydrogens (tertiary/aromatic N) is 8. The lowest BCUT2D eigenvalue weighted by Gasteiger charge is -2.32. The summed E-state index contributed by atoms with van der Waals surface area (Å²) in [5.41, 5.74) is 2.58. The number of rotatable bonds is 5. The van der Waals surface area contributed by atoms with E-state index in [9.17, 15) is 32.5 Å². The van der Waals surface area contributed by atoms with Crippen molar-refractivity contribution in [1.29, 1.82) is 10.5 Å². The summed E-state index contributed by atoms with van der Waals surface area (Å²) >= 11 is 0.675. The number of nitriles is 2. The van der Waals surface area contributed by atoms with Crippen LogP contribution in [0.15, 0.2) is 24.3 Å². The minimum Gasteiger partial charge on any atom is -0.461 e. The van der Waals surface area contributed by atoms with Gasteiger partial charge in [-0.2, -0.15) is 38.8 Å². The van der Waals surface area contributed by atoms with Crippen molar-refractivity contribution in [2.75, 3.05) is 36.9 Å². The first-order valence-electron chi connectivity index (χ1n) is 15.7. The monoisotopic (exact) mass is 709 g/mol. The highest BCUT2D eigenvalue weighted by atomic mass is 32.1. The number of alkyl halides is 4. The van der Waals surface area contributed by atoms with E-state index in [0.717, 1.165) is 24.6 Å². The third-order valence-corrected chi connectivity index (χ3v) is 10.9. The van der Waals surface area contributed by atoms with Gasteiger partial charge in [0.1, 0.15) is 47.1 Å². The van der Waals surface area contributed by atoms with E-state index in [1.165, 1.54) is 0 Å². The Hall–Kier alpha value is -5.13. The van der Waals surface area contributed by atoms with Crippen LogP contribution >= 0.6 is 11.3 Å². The first-order valence-corrected chi connectivity index (χ1v) is 16.5. The maximum Gasteiger partial charge on any atom is 0.417 e. The Bertz CT molecular complexity index is 2310. The van der Waals surface area contributed by atoms with Crippen LogP contribution in [0.3, 0.4) is 0 Å². The first kappa shape index (κ1) is 32.1. The zero-order chi connectivity index (χ0) is 35.1. The Morgan fingerprint density at radius 3 is 2.68 bits per heavy atom. The third-order valence-electron chi connectivity index (χ3n) is 9.84. The summed E-state index contributed by atoms with van der Waals surface area (Å²) in [6, 6.07) is 7.65. The van der Waals surface area contributed by atoms with Gasteiger partial charge in [0.05, 0.1) is 40.1 Å². The SMILES string of the molecule is N#Cc1cc2n(n1)CCN(c1nc(OCC34CCCN3CC(F)C4)nc3c(F)c(-c4ccc(F)c5sc(N)c(C#N)c45)c(C(F)(F)F)cc13)C2. The molecule has 256 valence electrons. The lowest BCUT2D eigenvalue weighted by Crippen LogP contribution is -2.43. The van der Waals surface area contributed by atoms with Gasteiger partial charge in [0.15, 0.2) is 11.5 Å². The molecular formula is C33H25F6N9OS. The number of hydrogen-bond donors (Lipinski definition) is 1. The third kappa shape index (κ3) is 4.98. The van der Waals surface area contributed by atoms with Crippen LogP contribution in [0.4, 0.5) is 37.2 Å². The number of halogens is 6. The molecule has 0 saturated carbocycles. The number of thiophene rings is 1. The minimum absolute atomic E-state index is 0.0237. The predicted octanol–water partition coefficient (Wildman–Crippen LogP) is 6.31. The van der Waals surface area contributed by atoms with Gasteiger partial charge >= 0.3 is 12.2 Å². The van der Waals surface area contributed by atoms with Gasteiger partial charge in [-0.25, -0.2) is 13.2 Å². The van der Waals surface area contributed by atoms with E-state index in [1.54, 1.807) is 15.6 Å². The van der Waals surface area contributed by atoms with E-state index in [2.05, 4.69) is 15.1 Å². The van der Waals surface area contributed by atoms with Crippen molar-refractivity contribution in [3.63, 3.8) is 0 Å². The number of anilines is 2. The summed E-state index contributed by atoms with van der Waals surface area (Å²) in [5, 5.41) is 22.7. The Morgan fingerprint density at radius 1 is 1.10 bits per heavy atom. The van der Waals surface area contributed by atoms with Gasteiger partial charge in [0.2, 0.25) is 0 Å². The van der Waals surface area contributed by atoms with Crippen LogP contribution in [-0.4, -0.2) is 62.6 Å². The number of nitrogens with two attached hydrogens (primary N) is 1. The maximum absolute atomic E-state index is 17.1. The molecule has 0 radical (unpaired) electrons. The summed E-state index contributed by atoms with van der Waals surface area (Å²) in [6.45, 7) is 1.43. The zero-order valence-corrected chi connectivity index (χ0v) is 26.8. The number of fused-ring (bicyclic) bond motifs is 4. The average molecular weight is 710 g/mol. The van der Waals surface area contributed by atoms with Crippen LogP contribution in [0.2, 0.25) is 0 Å². The van der Waals surface area contributed by atoms with E-state index in [1.807, 2.05) is 17.0 Å². The molecule has 2 aromatic carbocycles. The molecule has 10 nitrogen and oxygen atoms in total. The second-order valence-electron chi connectivity index (χ2n) is 12.7. The number of hydrogen-bond acceptors (Lipinski definition) is 10. The van der Waals surface area contributed by atoms with Gasteiger partial charge < -0.3 is 15.4 Å². The van der Waals surface area contributed by atoms with Gasteiger partial charge in [-0.3, -0.25) is 9.58 Å². The Labute approximate surface area is 283 Å². The lowest BCUT2D eigenvalue weighted by molar-refractivity contribution is -0.137. The highest BCUT2D eigenvalue weighted by Crippen LogP contribution is 2.48. The molecule has 3 aliphatic heterocycles. The molecule has 2 saturated heterocycles. The molecule has 2 fully saturated rings. The predicted molar refractivity (Wildman–Crippen MR) is 171 cm³/mol. The molecule has 6 heterocycles. The van der Waals surface area contributed by atoms with Gasteiger partial charge in [0, 0.05) is 35.8 Å². The second-order valence-corrected chi connectivity index (χ2v) is 13.8. The fraction of sp³-hybridized carbons (Fsp3) is 0.364. The molecule has 8 rings (SSSR count). The van der Waals surface area contributed by atoms with E-state index in [-0.39, 0.29) is 88.3 Å². The van der Waals surface area contributed by atoms with Crippen molar-refractivity contribution in [3.05, 3.63) is 58.4 Å². The van der Waals surface area contributed by atoms with Crippen molar-refractivity contribution < 1.29 is 31.1 Å². The first-order chi connectivity index (χ1) is 23.9. The molecule has 17 heteroatoms. The average Bonchev–Trinajstić information content (AvgIpc) is 3.83. The molecule has 2 unspecified atom stereocenters. The summed E-state index contributed by atoms with van der Waals surface area (Å²) < 4.78 is 98.9. The van der Waals surface area contributed by atoms with E-state index < -0.39 is 46.2 Å². The van der Waals surface area contributed by atoms with Gasteiger partial charge in [-0.05, 0) is 43.1 Å². The van der Waals surface area contributed by atoms with Crippen molar-refractivity contribution in [3.8, 4) is 29.3 Å². The minimum atomic E-state index is -5.12. The summed E-state index contributed by atoms with van der Waals surface area (Å²) in [5.74, 6) is -2.27. The molecule has 0 amide bonds. The van der Waals surface area contributed by atoms with Crippen LogP contribution in [0.25, 0.3) is 32.1 Å². The van der Waals surface area contributed by atoms with E-state index >= 15 is 4.39 Å². The summed E-state index contributed by atoms with van der Waals surface area (Å²) in [7, 11) is 0. The summed E-state index contributed by atoms with van der Waals surface area (Å²) in [4.78, 5) is 12.5. The molecule has 0 spiro atoms. The van der Waals surface area contributed by atoms with Crippen LogP contribution in [0, 0.1) is 34.3 Å². The topological polar surface area (TPSA) is 133 Å². The van der Waals surface area contributed by atoms with Crippen molar-refractivity contribution in [2.24, 2.45) is 0 Å². The number of ether oxygens (including phenoxy) is 1. The van der Waals surface area contributed by atoms with E-state index in [0.29, 0.717) is 30.0 Å². The number of aromatic nitrogens is 4. The van der Waals surface area contributed by atoms with Crippen molar-refractivity contribution in [2.45, 2.75) is 50.2 Å². The van der Waals surface area contributed by atoms with Gasteiger partial charge in [-0.1, -0.05) is 6.07 Å². The van der Waals surface area contributed by atoms with Crippen molar-refractivity contribution in [1.82, 2.24) is 24.6 Å². The normalized spacial score (nSPS) is 20.6. The van der Waals surface area contributed by atoms with Crippen LogP contribution in [-0.2, 0) is 19.3 Å². The molecular weight excluding hydrogens is 684 g/mol. The van der Waals surface area contributed by atoms with E-state index in [4.69, 9.17) is 10.5 Å². The largest absolute Gasteiger partial charge is 0.461 e. The fourth-order valence-corrected chi connectivity index (χ4v) is 8.59. The highest BCUT2D eigenvalue weighted by molar-refractivity contribution is 7.23. The van der Waals surface area contributed by atoms with Crippen LogP contribution in [0.1, 0.15) is 41.8 Å². The zero-order valence-electron chi connectivity index (χ0n) is 26.0.